The third kappa shape index (κ3) is 2.48. The zero-order valence-electron chi connectivity index (χ0n) is 11.2. The van der Waals surface area contributed by atoms with Crippen molar-refractivity contribution in [3.05, 3.63) is 29.3 Å². The van der Waals surface area contributed by atoms with E-state index in [0.29, 0.717) is 13.2 Å². The van der Waals surface area contributed by atoms with E-state index in [1.807, 2.05) is 0 Å². The molecule has 1 aromatic rings. The fourth-order valence-corrected chi connectivity index (χ4v) is 5.30. The molecule has 6 heteroatoms. The summed E-state index contributed by atoms with van der Waals surface area (Å²) < 4.78 is 33.0. The Bertz CT molecular complexity index is 588. The van der Waals surface area contributed by atoms with E-state index >= 15 is 0 Å². The maximum Gasteiger partial charge on any atom is 0.244 e. The maximum atomic E-state index is 12.8. The number of benzene rings is 1. The number of morpholine rings is 1. The minimum atomic E-state index is -3.54. The Balaban J connectivity index is 1.96. The van der Waals surface area contributed by atoms with Gasteiger partial charge in [0.25, 0.3) is 0 Å². The summed E-state index contributed by atoms with van der Waals surface area (Å²) in [6, 6.07) is 6.60. The molecule has 1 saturated carbocycles. The summed E-state index contributed by atoms with van der Waals surface area (Å²) in [5.74, 6) is 0. The lowest BCUT2D eigenvalue weighted by molar-refractivity contribution is -0.0586. The molecule has 0 radical (unpaired) electrons. The molecule has 0 bridgehead atoms. The second kappa shape index (κ2) is 5.64. The number of nitrogens with zero attached hydrogens (tertiary/aromatic N) is 1. The third-order valence-electron chi connectivity index (χ3n) is 4.10. The zero-order valence-corrected chi connectivity index (χ0v) is 12.7. The molecule has 4 nitrogen and oxygen atoms in total. The summed E-state index contributed by atoms with van der Waals surface area (Å²) in [6.07, 6.45) is 4.02. The fraction of sp³-hybridized carbons (Fsp3) is 0.571. The Hall–Kier alpha value is -0.620. The van der Waals surface area contributed by atoms with E-state index in [-0.39, 0.29) is 22.1 Å². The number of rotatable bonds is 2. The largest absolute Gasteiger partial charge is 0.375 e. The SMILES string of the molecule is O=S(=O)(c1ccccc1Cl)N1CCOC2CCCCC21. The molecule has 2 fully saturated rings. The van der Waals surface area contributed by atoms with Gasteiger partial charge in [-0.1, -0.05) is 36.6 Å². The highest BCUT2D eigenvalue weighted by atomic mass is 35.5. The normalized spacial score (nSPS) is 28.1. The molecule has 3 rings (SSSR count). The second-order valence-corrected chi connectivity index (χ2v) is 7.57. The first-order valence-electron chi connectivity index (χ1n) is 6.98. The van der Waals surface area contributed by atoms with E-state index in [1.54, 1.807) is 28.6 Å². The number of halogens is 1. The van der Waals surface area contributed by atoms with Crippen LogP contribution >= 0.6 is 11.6 Å². The fourth-order valence-electron chi connectivity index (χ4n) is 3.14. The molecular weight excluding hydrogens is 298 g/mol. The van der Waals surface area contributed by atoms with E-state index < -0.39 is 10.0 Å². The Morgan fingerprint density at radius 2 is 1.95 bits per heavy atom. The van der Waals surface area contributed by atoms with Crippen LogP contribution < -0.4 is 0 Å². The van der Waals surface area contributed by atoms with Crippen LogP contribution in [-0.2, 0) is 14.8 Å². The Morgan fingerprint density at radius 1 is 1.20 bits per heavy atom. The molecule has 0 spiro atoms. The highest BCUT2D eigenvalue weighted by Gasteiger charge is 2.41. The Labute approximate surface area is 124 Å². The van der Waals surface area contributed by atoms with Crippen LogP contribution in [0.25, 0.3) is 0 Å². The van der Waals surface area contributed by atoms with Crippen molar-refractivity contribution in [2.45, 2.75) is 42.7 Å². The lowest BCUT2D eigenvalue weighted by Crippen LogP contribution is -2.54. The van der Waals surface area contributed by atoms with Crippen LogP contribution in [0.5, 0.6) is 0 Å². The molecule has 2 atom stereocenters. The van der Waals surface area contributed by atoms with Gasteiger partial charge in [0.05, 0.1) is 23.8 Å². The summed E-state index contributed by atoms with van der Waals surface area (Å²) in [6.45, 7) is 0.875. The topological polar surface area (TPSA) is 46.6 Å². The first-order chi connectivity index (χ1) is 9.60. The first kappa shape index (κ1) is 14.3. The Morgan fingerprint density at radius 3 is 2.75 bits per heavy atom. The molecule has 110 valence electrons. The number of fused-ring (bicyclic) bond motifs is 1. The van der Waals surface area contributed by atoms with Crippen LogP contribution in [0.4, 0.5) is 0 Å². The number of sulfonamides is 1. The average Bonchev–Trinajstić information content (AvgIpc) is 2.47. The lowest BCUT2D eigenvalue weighted by Gasteiger charge is -2.42. The molecule has 1 aromatic carbocycles. The second-order valence-electron chi connectivity index (χ2n) is 5.31. The predicted molar refractivity (Wildman–Crippen MR) is 77.3 cm³/mol. The molecule has 1 aliphatic heterocycles. The van der Waals surface area contributed by atoms with Gasteiger partial charge in [0.2, 0.25) is 10.0 Å². The van der Waals surface area contributed by atoms with E-state index in [1.165, 1.54) is 0 Å². The quantitative estimate of drug-likeness (QED) is 0.843. The van der Waals surface area contributed by atoms with Crippen LogP contribution in [0.3, 0.4) is 0 Å². The summed E-state index contributed by atoms with van der Waals surface area (Å²) in [4.78, 5) is 0.202. The van der Waals surface area contributed by atoms with Crippen molar-refractivity contribution in [1.29, 1.82) is 0 Å². The Kier molecular flexibility index (Phi) is 4.04. The smallest absolute Gasteiger partial charge is 0.244 e. The summed E-state index contributed by atoms with van der Waals surface area (Å²) in [7, 11) is -3.54. The maximum absolute atomic E-state index is 12.8. The minimum absolute atomic E-state index is 0.0368. The summed E-state index contributed by atoms with van der Waals surface area (Å²) in [5, 5.41) is 0.284. The van der Waals surface area contributed by atoms with Crippen molar-refractivity contribution in [1.82, 2.24) is 4.31 Å². The zero-order chi connectivity index (χ0) is 14.2. The number of ether oxygens (including phenoxy) is 1. The minimum Gasteiger partial charge on any atom is -0.375 e. The van der Waals surface area contributed by atoms with Gasteiger partial charge < -0.3 is 4.74 Å². The first-order valence-corrected chi connectivity index (χ1v) is 8.80. The van der Waals surface area contributed by atoms with Gasteiger partial charge in [0, 0.05) is 6.54 Å². The van der Waals surface area contributed by atoms with Gasteiger partial charge >= 0.3 is 0 Å². The van der Waals surface area contributed by atoms with Gasteiger partial charge in [-0.25, -0.2) is 8.42 Å². The van der Waals surface area contributed by atoms with Crippen LogP contribution in [0, 0.1) is 0 Å². The molecule has 1 saturated heterocycles. The molecular formula is C14H18ClNO3S. The molecule has 0 aromatic heterocycles. The predicted octanol–water partition coefficient (Wildman–Crippen LogP) is 2.67. The van der Waals surface area contributed by atoms with Crippen LogP contribution in [-0.4, -0.2) is 38.0 Å². The highest BCUT2D eigenvalue weighted by molar-refractivity contribution is 7.89. The lowest BCUT2D eigenvalue weighted by atomic mass is 9.91. The summed E-state index contributed by atoms with van der Waals surface area (Å²) >= 11 is 6.07. The van der Waals surface area contributed by atoms with Gasteiger partial charge in [0.1, 0.15) is 4.90 Å². The van der Waals surface area contributed by atoms with Crippen LogP contribution in [0.2, 0.25) is 5.02 Å². The van der Waals surface area contributed by atoms with E-state index in [2.05, 4.69) is 0 Å². The molecule has 2 aliphatic rings. The molecule has 0 N–H and O–H groups in total. The van der Waals surface area contributed by atoms with E-state index in [4.69, 9.17) is 16.3 Å². The van der Waals surface area contributed by atoms with E-state index in [9.17, 15) is 8.42 Å². The van der Waals surface area contributed by atoms with Gasteiger partial charge in [-0.05, 0) is 25.0 Å². The van der Waals surface area contributed by atoms with Crippen LogP contribution in [0.15, 0.2) is 29.2 Å². The molecule has 2 unspecified atom stereocenters. The number of hydrogen-bond donors (Lipinski definition) is 0. The van der Waals surface area contributed by atoms with Crippen molar-refractivity contribution in [3.63, 3.8) is 0 Å². The molecule has 0 amide bonds. The third-order valence-corrected chi connectivity index (χ3v) is 6.53. The van der Waals surface area contributed by atoms with Crippen molar-refractivity contribution >= 4 is 21.6 Å². The highest BCUT2D eigenvalue weighted by Crippen LogP contribution is 2.33. The molecule has 1 heterocycles. The van der Waals surface area contributed by atoms with Crippen molar-refractivity contribution < 1.29 is 13.2 Å². The van der Waals surface area contributed by atoms with Crippen molar-refractivity contribution in [3.8, 4) is 0 Å². The average molecular weight is 316 g/mol. The van der Waals surface area contributed by atoms with E-state index in [0.717, 1.165) is 25.7 Å². The van der Waals surface area contributed by atoms with Gasteiger partial charge in [0.15, 0.2) is 0 Å². The van der Waals surface area contributed by atoms with Crippen molar-refractivity contribution in [2.24, 2.45) is 0 Å². The monoisotopic (exact) mass is 315 g/mol. The standard InChI is InChI=1S/C14H18ClNO3S/c15-11-5-1-4-8-14(11)20(17,18)16-9-10-19-13-7-3-2-6-12(13)16/h1,4-5,8,12-13H,2-3,6-7,9-10H2. The number of hydrogen-bond acceptors (Lipinski definition) is 3. The van der Waals surface area contributed by atoms with Gasteiger partial charge in [-0.3, -0.25) is 0 Å². The molecule has 1 aliphatic carbocycles. The summed E-state index contributed by atoms with van der Waals surface area (Å²) in [5.41, 5.74) is 0. The van der Waals surface area contributed by atoms with Crippen LogP contribution in [0.1, 0.15) is 25.7 Å². The van der Waals surface area contributed by atoms with Gasteiger partial charge in [-0.15, -0.1) is 0 Å². The van der Waals surface area contributed by atoms with Crippen molar-refractivity contribution in [2.75, 3.05) is 13.2 Å². The van der Waals surface area contributed by atoms with Gasteiger partial charge in [-0.2, -0.15) is 4.31 Å². The molecule has 20 heavy (non-hydrogen) atoms.